The molecule has 1 aromatic rings. The fourth-order valence-electron chi connectivity index (χ4n) is 1.72. The maximum Gasteiger partial charge on any atom is 0.124 e. The van der Waals surface area contributed by atoms with E-state index in [4.69, 9.17) is 4.74 Å². The summed E-state index contributed by atoms with van der Waals surface area (Å²) in [5, 5.41) is 9.17. The summed E-state index contributed by atoms with van der Waals surface area (Å²) in [6.45, 7) is 2.59. The molecule has 0 radical (unpaired) electrons. The molecule has 0 heterocycles. The topological polar surface area (TPSA) is 33.0 Å². The highest BCUT2D eigenvalue weighted by molar-refractivity contribution is 9.10. The smallest absolute Gasteiger partial charge is 0.124 e. The molecular weight excluding hydrogens is 254 g/mol. The highest BCUT2D eigenvalue weighted by atomic mass is 79.9. The van der Waals surface area contributed by atoms with Gasteiger partial charge in [0.25, 0.3) is 0 Å². The van der Waals surface area contributed by atoms with E-state index in [1.165, 1.54) is 0 Å². The molecule has 1 aliphatic rings. The molecule has 0 saturated heterocycles. The lowest BCUT2D eigenvalue weighted by Crippen LogP contribution is -2.06. The van der Waals surface area contributed by atoms with Crippen molar-refractivity contribution < 1.29 is 4.74 Å². The summed E-state index contributed by atoms with van der Waals surface area (Å²) in [6.07, 6.45) is 1.89. The number of nitrogens with zero attached hydrogens (tertiary/aromatic N) is 1. The van der Waals surface area contributed by atoms with Crippen molar-refractivity contribution >= 4 is 15.9 Å². The highest BCUT2D eigenvalue weighted by Gasteiger charge is 2.46. The lowest BCUT2D eigenvalue weighted by Gasteiger charge is -2.13. The molecule has 0 atom stereocenters. The minimum Gasteiger partial charge on any atom is -0.494 e. The van der Waals surface area contributed by atoms with Gasteiger partial charge in [-0.1, -0.05) is 15.9 Å². The maximum atomic E-state index is 9.17. The molecule has 1 fully saturated rings. The molecule has 1 saturated carbocycles. The van der Waals surface area contributed by atoms with Crippen LogP contribution < -0.4 is 4.74 Å². The van der Waals surface area contributed by atoms with Crippen LogP contribution in [0.1, 0.15) is 25.3 Å². The Balaban J connectivity index is 2.44. The number of nitriles is 1. The summed E-state index contributed by atoms with van der Waals surface area (Å²) in [5.74, 6) is 0.847. The first-order chi connectivity index (χ1) is 7.22. The quantitative estimate of drug-likeness (QED) is 0.839. The van der Waals surface area contributed by atoms with Crippen molar-refractivity contribution in [3.05, 3.63) is 28.2 Å². The summed E-state index contributed by atoms with van der Waals surface area (Å²) in [6, 6.07) is 8.27. The number of hydrogen-bond acceptors (Lipinski definition) is 2. The molecule has 0 bridgehead atoms. The van der Waals surface area contributed by atoms with Crippen molar-refractivity contribution in [1.82, 2.24) is 0 Å². The van der Waals surface area contributed by atoms with Gasteiger partial charge >= 0.3 is 0 Å². The predicted octanol–water partition coefficient (Wildman–Crippen LogP) is 3.40. The van der Waals surface area contributed by atoms with Crippen LogP contribution in [0.25, 0.3) is 0 Å². The lowest BCUT2D eigenvalue weighted by atomic mass is 9.97. The van der Waals surface area contributed by atoms with Crippen molar-refractivity contribution in [2.24, 2.45) is 0 Å². The predicted molar refractivity (Wildman–Crippen MR) is 61.8 cm³/mol. The van der Waals surface area contributed by atoms with Crippen LogP contribution in [-0.2, 0) is 5.41 Å². The molecule has 0 N–H and O–H groups in total. The third kappa shape index (κ3) is 1.87. The molecule has 0 amide bonds. The zero-order valence-electron chi connectivity index (χ0n) is 8.59. The van der Waals surface area contributed by atoms with Crippen molar-refractivity contribution in [2.45, 2.75) is 25.2 Å². The first-order valence-corrected chi connectivity index (χ1v) is 5.85. The molecule has 15 heavy (non-hydrogen) atoms. The Hall–Kier alpha value is -1.01. The largest absolute Gasteiger partial charge is 0.494 e. The summed E-state index contributed by atoms with van der Waals surface area (Å²) in [5.41, 5.74) is 0.745. The van der Waals surface area contributed by atoms with Gasteiger partial charge in [-0.2, -0.15) is 5.26 Å². The SMILES string of the molecule is CCOc1ccc(Br)cc1C1(C#N)CC1. The van der Waals surface area contributed by atoms with Gasteiger partial charge in [-0.25, -0.2) is 0 Å². The molecule has 78 valence electrons. The molecular formula is C12H12BrNO. The minimum atomic E-state index is -0.283. The molecule has 2 rings (SSSR count). The average molecular weight is 266 g/mol. The van der Waals surface area contributed by atoms with Gasteiger partial charge in [0.2, 0.25) is 0 Å². The van der Waals surface area contributed by atoms with Gasteiger partial charge < -0.3 is 4.74 Å². The van der Waals surface area contributed by atoms with E-state index in [0.717, 1.165) is 28.6 Å². The average Bonchev–Trinajstić information content (AvgIpc) is 3.02. The third-order valence-corrected chi connectivity index (χ3v) is 3.21. The van der Waals surface area contributed by atoms with E-state index in [1.54, 1.807) is 0 Å². The minimum absolute atomic E-state index is 0.283. The van der Waals surface area contributed by atoms with Gasteiger partial charge in [-0.3, -0.25) is 0 Å². The van der Waals surface area contributed by atoms with Gasteiger partial charge in [0.15, 0.2) is 0 Å². The van der Waals surface area contributed by atoms with Crippen molar-refractivity contribution in [3.63, 3.8) is 0 Å². The fraction of sp³-hybridized carbons (Fsp3) is 0.417. The number of ether oxygens (including phenoxy) is 1. The summed E-state index contributed by atoms with van der Waals surface area (Å²) >= 11 is 3.43. The van der Waals surface area contributed by atoms with Crippen LogP contribution in [-0.4, -0.2) is 6.61 Å². The summed E-state index contributed by atoms with van der Waals surface area (Å²) < 4.78 is 6.55. The van der Waals surface area contributed by atoms with Gasteiger partial charge in [0.05, 0.1) is 18.1 Å². The zero-order chi connectivity index (χ0) is 10.9. The van der Waals surface area contributed by atoms with Crippen LogP contribution in [0.15, 0.2) is 22.7 Å². The van der Waals surface area contributed by atoms with Crippen LogP contribution in [0, 0.1) is 11.3 Å². The monoisotopic (exact) mass is 265 g/mol. The second kappa shape index (κ2) is 3.86. The first-order valence-electron chi connectivity index (χ1n) is 5.06. The van der Waals surface area contributed by atoms with Gasteiger partial charge in [0, 0.05) is 10.0 Å². The second-order valence-electron chi connectivity index (χ2n) is 3.77. The molecule has 1 aromatic carbocycles. The Labute approximate surface area is 98.0 Å². The third-order valence-electron chi connectivity index (χ3n) is 2.72. The lowest BCUT2D eigenvalue weighted by molar-refractivity contribution is 0.335. The Kier molecular flexibility index (Phi) is 2.70. The number of halogens is 1. The van der Waals surface area contributed by atoms with Crippen LogP contribution in [0.3, 0.4) is 0 Å². The molecule has 3 heteroatoms. The molecule has 0 unspecified atom stereocenters. The van der Waals surface area contributed by atoms with Crippen molar-refractivity contribution in [1.29, 1.82) is 5.26 Å². The van der Waals surface area contributed by atoms with Crippen LogP contribution in [0.4, 0.5) is 0 Å². The Morgan fingerprint density at radius 2 is 2.27 bits per heavy atom. The van der Waals surface area contributed by atoms with Crippen molar-refractivity contribution in [2.75, 3.05) is 6.61 Å². The van der Waals surface area contributed by atoms with Crippen LogP contribution in [0.2, 0.25) is 0 Å². The first kappa shape index (κ1) is 10.5. The zero-order valence-corrected chi connectivity index (χ0v) is 10.2. The van der Waals surface area contributed by atoms with E-state index >= 15 is 0 Å². The second-order valence-corrected chi connectivity index (χ2v) is 4.68. The normalized spacial score (nSPS) is 16.9. The van der Waals surface area contributed by atoms with Gasteiger partial charge in [-0.05, 0) is 38.0 Å². The molecule has 2 nitrogen and oxygen atoms in total. The summed E-state index contributed by atoms with van der Waals surface area (Å²) in [7, 11) is 0. The van der Waals surface area contributed by atoms with E-state index in [1.807, 2.05) is 25.1 Å². The van der Waals surface area contributed by atoms with Crippen LogP contribution >= 0.6 is 15.9 Å². The summed E-state index contributed by atoms with van der Waals surface area (Å²) in [4.78, 5) is 0. The van der Waals surface area contributed by atoms with E-state index < -0.39 is 0 Å². The van der Waals surface area contributed by atoms with E-state index in [9.17, 15) is 5.26 Å². The molecule has 0 aliphatic heterocycles. The van der Waals surface area contributed by atoms with E-state index in [0.29, 0.717) is 6.61 Å². The Bertz CT molecular complexity index is 418. The van der Waals surface area contributed by atoms with Gasteiger partial charge in [-0.15, -0.1) is 0 Å². The number of rotatable bonds is 3. The highest BCUT2D eigenvalue weighted by Crippen LogP contribution is 2.51. The fourth-order valence-corrected chi connectivity index (χ4v) is 2.09. The maximum absolute atomic E-state index is 9.17. The Morgan fingerprint density at radius 1 is 1.53 bits per heavy atom. The number of benzene rings is 1. The molecule has 0 aromatic heterocycles. The molecule has 0 spiro atoms. The van der Waals surface area contributed by atoms with Crippen molar-refractivity contribution in [3.8, 4) is 11.8 Å². The van der Waals surface area contributed by atoms with Gasteiger partial charge in [0.1, 0.15) is 5.75 Å². The number of hydrogen-bond donors (Lipinski definition) is 0. The van der Waals surface area contributed by atoms with Crippen LogP contribution in [0.5, 0.6) is 5.75 Å². The van der Waals surface area contributed by atoms with E-state index in [-0.39, 0.29) is 5.41 Å². The Morgan fingerprint density at radius 3 is 2.80 bits per heavy atom. The molecule has 1 aliphatic carbocycles. The van der Waals surface area contributed by atoms with E-state index in [2.05, 4.69) is 22.0 Å². The standard InChI is InChI=1S/C12H12BrNO/c1-2-15-11-4-3-9(13)7-10(11)12(8-14)5-6-12/h3-4,7H,2,5-6H2,1H3.